The van der Waals surface area contributed by atoms with Crippen molar-refractivity contribution in [1.82, 2.24) is 19.6 Å². The van der Waals surface area contributed by atoms with E-state index in [0.717, 1.165) is 50.1 Å². The maximum absolute atomic E-state index is 5.61. The molecule has 25 heavy (non-hydrogen) atoms. The van der Waals surface area contributed by atoms with E-state index in [1.54, 1.807) is 0 Å². The lowest BCUT2D eigenvalue weighted by Gasteiger charge is -2.36. The molecule has 2 aromatic rings. The van der Waals surface area contributed by atoms with E-state index >= 15 is 0 Å². The number of piperazine rings is 1. The molecule has 0 unspecified atom stereocenters. The fourth-order valence-electron chi connectivity index (χ4n) is 3.22. The molecule has 1 saturated heterocycles. The lowest BCUT2D eigenvalue weighted by Crippen LogP contribution is -2.49. The van der Waals surface area contributed by atoms with Gasteiger partial charge >= 0.3 is 0 Å². The fourth-order valence-corrected chi connectivity index (χ4v) is 3.51. The van der Waals surface area contributed by atoms with Gasteiger partial charge in [0.15, 0.2) is 5.11 Å². The highest BCUT2D eigenvalue weighted by molar-refractivity contribution is 7.80. The van der Waals surface area contributed by atoms with Crippen LogP contribution in [0.3, 0.4) is 0 Å². The molecular weight excluding hydrogens is 330 g/mol. The summed E-state index contributed by atoms with van der Waals surface area (Å²) in [6.07, 6.45) is 2.01. The Kier molecular flexibility index (Phi) is 5.71. The predicted molar refractivity (Wildman–Crippen MR) is 107 cm³/mol. The lowest BCUT2D eigenvalue weighted by atomic mass is 10.2. The van der Waals surface area contributed by atoms with Crippen LogP contribution in [0.4, 0.5) is 5.69 Å². The molecule has 3 rings (SSSR count). The van der Waals surface area contributed by atoms with E-state index in [1.165, 1.54) is 16.8 Å². The van der Waals surface area contributed by atoms with E-state index in [0.29, 0.717) is 0 Å². The van der Waals surface area contributed by atoms with Gasteiger partial charge in [-0.1, -0.05) is 18.2 Å². The molecule has 0 spiro atoms. The molecule has 1 aliphatic rings. The van der Waals surface area contributed by atoms with Crippen LogP contribution in [0.15, 0.2) is 30.5 Å². The van der Waals surface area contributed by atoms with Gasteiger partial charge in [0.05, 0.1) is 6.20 Å². The topological polar surface area (TPSA) is 36.3 Å². The van der Waals surface area contributed by atoms with Crippen LogP contribution in [0, 0.1) is 13.8 Å². The third-order valence-corrected chi connectivity index (χ3v) is 5.30. The molecule has 0 saturated carbocycles. The van der Waals surface area contributed by atoms with Crippen LogP contribution in [0.2, 0.25) is 0 Å². The zero-order chi connectivity index (χ0) is 17.8. The molecule has 134 valence electrons. The first-order chi connectivity index (χ1) is 12.1. The minimum Gasteiger partial charge on any atom is -0.346 e. The van der Waals surface area contributed by atoms with E-state index < -0.39 is 0 Å². The van der Waals surface area contributed by atoms with Gasteiger partial charge in [0.2, 0.25) is 0 Å². The largest absolute Gasteiger partial charge is 0.346 e. The Bertz CT molecular complexity index is 731. The second-order valence-electron chi connectivity index (χ2n) is 6.58. The van der Waals surface area contributed by atoms with Crippen LogP contribution in [-0.2, 0) is 13.1 Å². The summed E-state index contributed by atoms with van der Waals surface area (Å²) in [5, 5.41) is 8.66. The van der Waals surface area contributed by atoms with E-state index in [2.05, 4.69) is 57.8 Å². The Morgan fingerprint density at radius 2 is 1.88 bits per heavy atom. The summed E-state index contributed by atoms with van der Waals surface area (Å²) in [5.41, 5.74) is 4.92. The van der Waals surface area contributed by atoms with Gasteiger partial charge in [0.25, 0.3) is 0 Å². The van der Waals surface area contributed by atoms with Crippen molar-refractivity contribution in [2.24, 2.45) is 0 Å². The number of nitrogens with zero attached hydrogens (tertiary/aromatic N) is 4. The molecule has 0 atom stereocenters. The van der Waals surface area contributed by atoms with Crippen LogP contribution in [0.5, 0.6) is 0 Å². The maximum atomic E-state index is 5.61. The van der Waals surface area contributed by atoms with Crippen molar-refractivity contribution < 1.29 is 0 Å². The van der Waals surface area contributed by atoms with Crippen molar-refractivity contribution >= 4 is 23.0 Å². The number of para-hydroxylation sites is 1. The number of rotatable bonds is 4. The number of hydrogen-bond acceptors (Lipinski definition) is 3. The Hall–Kier alpha value is -1.92. The van der Waals surface area contributed by atoms with Gasteiger partial charge in [-0.3, -0.25) is 9.58 Å². The van der Waals surface area contributed by atoms with Crippen molar-refractivity contribution in [1.29, 1.82) is 0 Å². The van der Waals surface area contributed by atoms with Crippen LogP contribution < -0.4 is 5.32 Å². The van der Waals surface area contributed by atoms with Crippen molar-refractivity contribution in [3.63, 3.8) is 0 Å². The Labute approximate surface area is 155 Å². The molecule has 0 radical (unpaired) electrons. The van der Waals surface area contributed by atoms with Gasteiger partial charge < -0.3 is 10.2 Å². The molecule has 1 aromatic heterocycles. The number of nitrogens with one attached hydrogen (secondary N) is 1. The molecule has 0 aliphatic carbocycles. The smallest absolute Gasteiger partial charge is 0.173 e. The third kappa shape index (κ3) is 4.19. The molecule has 0 amide bonds. The first-order valence-corrected chi connectivity index (χ1v) is 9.34. The number of anilines is 1. The van der Waals surface area contributed by atoms with Crippen LogP contribution in [0.1, 0.15) is 23.7 Å². The SMILES string of the molecule is CCn1ncc(CN2CCN(C(=S)Nc3ccccc3C)CC2)c1C. The van der Waals surface area contributed by atoms with E-state index in [4.69, 9.17) is 12.2 Å². The maximum Gasteiger partial charge on any atom is 0.173 e. The van der Waals surface area contributed by atoms with Gasteiger partial charge in [0, 0.05) is 56.2 Å². The number of benzene rings is 1. The Morgan fingerprint density at radius 3 is 2.52 bits per heavy atom. The average molecular weight is 358 g/mol. The van der Waals surface area contributed by atoms with Crippen LogP contribution >= 0.6 is 12.2 Å². The first kappa shape index (κ1) is 17.9. The van der Waals surface area contributed by atoms with Gasteiger partial charge in [-0.05, 0) is 44.6 Å². The summed E-state index contributed by atoms with van der Waals surface area (Å²) >= 11 is 5.61. The standard InChI is InChI=1S/C19H27N5S/c1-4-24-16(3)17(13-20-24)14-22-9-11-23(12-10-22)19(25)21-18-8-6-5-7-15(18)2/h5-8,13H,4,9-12,14H2,1-3H3,(H,21,25). The second-order valence-corrected chi connectivity index (χ2v) is 6.97. The monoisotopic (exact) mass is 357 g/mol. The number of hydrogen-bond donors (Lipinski definition) is 1. The first-order valence-electron chi connectivity index (χ1n) is 8.93. The summed E-state index contributed by atoms with van der Waals surface area (Å²) in [6, 6.07) is 8.26. The zero-order valence-electron chi connectivity index (χ0n) is 15.3. The van der Waals surface area contributed by atoms with Crippen LogP contribution in [-0.4, -0.2) is 50.9 Å². The Balaban J connectivity index is 1.52. The molecule has 1 aliphatic heterocycles. The van der Waals surface area contributed by atoms with Gasteiger partial charge in [0.1, 0.15) is 0 Å². The summed E-state index contributed by atoms with van der Waals surface area (Å²) in [6.45, 7) is 12.2. The zero-order valence-corrected chi connectivity index (χ0v) is 16.1. The van der Waals surface area contributed by atoms with Crippen molar-refractivity contribution in [2.75, 3.05) is 31.5 Å². The molecule has 0 bridgehead atoms. The molecule has 2 heterocycles. The van der Waals surface area contributed by atoms with E-state index in [-0.39, 0.29) is 0 Å². The van der Waals surface area contributed by atoms with Gasteiger partial charge in [-0.15, -0.1) is 0 Å². The molecular formula is C19H27N5S. The number of aryl methyl sites for hydroxylation is 2. The summed E-state index contributed by atoms with van der Waals surface area (Å²) in [5.74, 6) is 0. The molecule has 1 fully saturated rings. The molecule has 1 aromatic carbocycles. The minimum atomic E-state index is 0.823. The highest BCUT2D eigenvalue weighted by Crippen LogP contribution is 2.16. The highest BCUT2D eigenvalue weighted by Gasteiger charge is 2.20. The van der Waals surface area contributed by atoms with E-state index in [9.17, 15) is 0 Å². The lowest BCUT2D eigenvalue weighted by molar-refractivity contribution is 0.176. The van der Waals surface area contributed by atoms with Crippen molar-refractivity contribution in [2.45, 2.75) is 33.9 Å². The predicted octanol–water partition coefficient (Wildman–Crippen LogP) is 3.03. The quantitative estimate of drug-likeness (QED) is 0.851. The van der Waals surface area contributed by atoms with Gasteiger partial charge in [-0.25, -0.2) is 0 Å². The van der Waals surface area contributed by atoms with Crippen LogP contribution in [0.25, 0.3) is 0 Å². The summed E-state index contributed by atoms with van der Waals surface area (Å²) in [7, 11) is 0. The van der Waals surface area contributed by atoms with Crippen molar-refractivity contribution in [3.05, 3.63) is 47.3 Å². The number of aromatic nitrogens is 2. The van der Waals surface area contributed by atoms with E-state index in [1.807, 2.05) is 18.3 Å². The molecule has 6 heteroatoms. The van der Waals surface area contributed by atoms with Crippen molar-refractivity contribution in [3.8, 4) is 0 Å². The Morgan fingerprint density at radius 1 is 1.16 bits per heavy atom. The third-order valence-electron chi connectivity index (χ3n) is 4.94. The molecule has 5 nitrogen and oxygen atoms in total. The van der Waals surface area contributed by atoms with Gasteiger partial charge in [-0.2, -0.15) is 5.10 Å². The summed E-state index contributed by atoms with van der Waals surface area (Å²) < 4.78 is 2.06. The molecule has 1 N–H and O–H groups in total. The normalized spacial score (nSPS) is 15.4. The summed E-state index contributed by atoms with van der Waals surface area (Å²) in [4.78, 5) is 4.75. The second kappa shape index (κ2) is 7.97. The average Bonchev–Trinajstić information content (AvgIpc) is 2.97. The minimum absolute atomic E-state index is 0.823. The highest BCUT2D eigenvalue weighted by atomic mass is 32.1. The fraction of sp³-hybridized carbons (Fsp3) is 0.474. The number of thiocarbonyl (C=S) groups is 1.